The summed E-state index contributed by atoms with van der Waals surface area (Å²) in [6.45, 7) is 0. The minimum Gasteiger partial charge on any atom is -0.298 e. The molecule has 3 aromatic carbocycles. The van der Waals surface area contributed by atoms with E-state index in [-0.39, 0.29) is 0 Å². The van der Waals surface area contributed by atoms with Gasteiger partial charge in [-0.05, 0) is 22.8 Å². The summed E-state index contributed by atoms with van der Waals surface area (Å²) in [6.07, 6.45) is 1.94. The van der Waals surface area contributed by atoms with E-state index in [1.165, 1.54) is 16.3 Å². The predicted octanol–water partition coefficient (Wildman–Crippen LogP) is 5.28. The number of hydrogen-bond acceptors (Lipinski definition) is 1. The van der Waals surface area contributed by atoms with Crippen molar-refractivity contribution in [2.75, 3.05) is 5.33 Å². The van der Waals surface area contributed by atoms with Crippen molar-refractivity contribution in [1.82, 2.24) is 0 Å². The summed E-state index contributed by atoms with van der Waals surface area (Å²) < 4.78 is 0. The molecule has 0 aliphatic rings. The summed E-state index contributed by atoms with van der Waals surface area (Å²) in [4.78, 5) is 10.0. The molecule has 0 aliphatic heterocycles. The Hall–Kier alpha value is -1.93. The predicted molar refractivity (Wildman–Crippen MR) is 93.3 cm³/mol. The van der Waals surface area contributed by atoms with Crippen molar-refractivity contribution in [3.8, 4) is 0 Å². The third kappa shape index (κ3) is 4.83. The van der Waals surface area contributed by atoms with E-state index in [9.17, 15) is 4.79 Å². The lowest BCUT2D eigenvalue weighted by molar-refractivity contribution is 0.112. The van der Waals surface area contributed by atoms with Gasteiger partial charge in [-0.15, -0.1) is 0 Å². The molecule has 0 aliphatic carbocycles. The smallest absolute Gasteiger partial charge is 0.150 e. The molecule has 0 fully saturated rings. The summed E-state index contributed by atoms with van der Waals surface area (Å²) in [7, 11) is 0. The lowest BCUT2D eigenvalue weighted by Gasteiger charge is -2.00. The van der Waals surface area contributed by atoms with Gasteiger partial charge in [-0.25, -0.2) is 0 Å². The molecule has 0 N–H and O–H groups in total. The van der Waals surface area contributed by atoms with Crippen molar-refractivity contribution >= 4 is 33.0 Å². The number of benzene rings is 3. The first-order chi connectivity index (χ1) is 10.3. The fraction of sp³-hybridized carbons (Fsp3) is 0.105. The van der Waals surface area contributed by atoms with E-state index in [0.29, 0.717) is 0 Å². The first kappa shape index (κ1) is 15.5. The molecular formula is C19H17BrO. The van der Waals surface area contributed by atoms with E-state index in [4.69, 9.17) is 0 Å². The van der Waals surface area contributed by atoms with Crippen LogP contribution in [0.15, 0.2) is 72.8 Å². The zero-order valence-electron chi connectivity index (χ0n) is 11.7. The SMILES string of the molecule is BrCCc1ccc2ccccc2c1.O=Cc1ccccc1. The van der Waals surface area contributed by atoms with Crippen LogP contribution in [0.2, 0.25) is 0 Å². The molecule has 0 bridgehead atoms. The molecule has 0 amide bonds. The van der Waals surface area contributed by atoms with Crippen molar-refractivity contribution in [3.05, 3.63) is 83.9 Å². The van der Waals surface area contributed by atoms with Crippen molar-refractivity contribution in [3.63, 3.8) is 0 Å². The maximum absolute atomic E-state index is 10.0. The van der Waals surface area contributed by atoms with Crippen LogP contribution in [0, 0.1) is 0 Å². The van der Waals surface area contributed by atoms with Gasteiger partial charge >= 0.3 is 0 Å². The van der Waals surface area contributed by atoms with Crippen LogP contribution in [0.25, 0.3) is 10.8 Å². The lowest BCUT2D eigenvalue weighted by Crippen LogP contribution is -1.84. The number of aldehydes is 1. The lowest BCUT2D eigenvalue weighted by atomic mass is 10.1. The molecule has 2 heteroatoms. The Labute approximate surface area is 133 Å². The molecule has 1 nitrogen and oxygen atoms in total. The van der Waals surface area contributed by atoms with Crippen LogP contribution in [0.3, 0.4) is 0 Å². The topological polar surface area (TPSA) is 17.1 Å². The molecule has 3 rings (SSSR count). The summed E-state index contributed by atoms with van der Waals surface area (Å²) in [6, 6.07) is 24.2. The summed E-state index contributed by atoms with van der Waals surface area (Å²) in [5.74, 6) is 0. The van der Waals surface area contributed by atoms with Gasteiger partial charge in [0.1, 0.15) is 6.29 Å². The van der Waals surface area contributed by atoms with Gasteiger partial charge in [-0.1, -0.05) is 88.7 Å². The van der Waals surface area contributed by atoms with Gasteiger partial charge < -0.3 is 0 Å². The van der Waals surface area contributed by atoms with Crippen LogP contribution in [-0.4, -0.2) is 11.6 Å². The summed E-state index contributed by atoms with van der Waals surface area (Å²) in [5.41, 5.74) is 2.13. The monoisotopic (exact) mass is 340 g/mol. The third-order valence-corrected chi connectivity index (χ3v) is 3.53. The molecule has 0 saturated carbocycles. The van der Waals surface area contributed by atoms with Gasteiger partial charge in [0.15, 0.2) is 0 Å². The highest BCUT2D eigenvalue weighted by Crippen LogP contribution is 2.16. The number of carbonyl (C=O) groups excluding carboxylic acids is 1. The minimum absolute atomic E-state index is 0.729. The molecule has 0 atom stereocenters. The third-order valence-electron chi connectivity index (χ3n) is 3.13. The Balaban J connectivity index is 0.000000173. The molecule has 3 aromatic rings. The van der Waals surface area contributed by atoms with Crippen LogP contribution in [0.4, 0.5) is 0 Å². The Morgan fingerprint density at radius 3 is 2.10 bits per heavy atom. The van der Waals surface area contributed by atoms with E-state index in [2.05, 4.69) is 58.4 Å². The first-order valence-corrected chi connectivity index (χ1v) is 7.99. The van der Waals surface area contributed by atoms with E-state index in [1.54, 1.807) is 12.1 Å². The Morgan fingerprint density at radius 2 is 1.48 bits per heavy atom. The molecule has 0 aromatic heterocycles. The molecule has 0 heterocycles. The van der Waals surface area contributed by atoms with Gasteiger partial charge in [-0.3, -0.25) is 4.79 Å². The van der Waals surface area contributed by atoms with Crippen LogP contribution in [0.1, 0.15) is 15.9 Å². The fourth-order valence-corrected chi connectivity index (χ4v) is 2.49. The second kappa shape index (κ2) is 8.38. The first-order valence-electron chi connectivity index (χ1n) is 6.87. The maximum atomic E-state index is 10.0. The van der Waals surface area contributed by atoms with Crippen LogP contribution in [-0.2, 0) is 6.42 Å². The van der Waals surface area contributed by atoms with E-state index < -0.39 is 0 Å². The molecule has 106 valence electrons. The average molecular weight is 341 g/mol. The van der Waals surface area contributed by atoms with Crippen LogP contribution < -0.4 is 0 Å². The molecule has 0 radical (unpaired) electrons. The standard InChI is InChI=1S/C12H11Br.C7H6O/c13-8-7-10-5-6-11-3-1-2-4-12(11)9-10;8-6-7-4-2-1-3-5-7/h1-6,9H,7-8H2;1-6H. The van der Waals surface area contributed by atoms with Gasteiger partial charge in [-0.2, -0.15) is 0 Å². The van der Waals surface area contributed by atoms with Gasteiger partial charge in [0, 0.05) is 10.9 Å². The number of hydrogen-bond donors (Lipinski definition) is 0. The number of rotatable bonds is 3. The maximum Gasteiger partial charge on any atom is 0.150 e. The molecule has 0 unspecified atom stereocenters. The second-order valence-electron chi connectivity index (χ2n) is 4.65. The summed E-state index contributed by atoms with van der Waals surface area (Å²) >= 11 is 3.45. The van der Waals surface area contributed by atoms with Crippen LogP contribution >= 0.6 is 15.9 Å². The highest BCUT2D eigenvalue weighted by molar-refractivity contribution is 9.09. The van der Waals surface area contributed by atoms with Gasteiger partial charge in [0.2, 0.25) is 0 Å². The van der Waals surface area contributed by atoms with E-state index in [1.807, 2.05) is 18.2 Å². The largest absolute Gasteiger partial charge is 0.298 e. The Bertz CT molecular complexity index is 692. The minimum atomic E-state index is 0.729. The molecule has 21 heavy (non-hydrogen) atoms. The number of aryl methyl sites for hydroxylation is 1. The highest BCUT2D eigenvalue weighted by Gasteiger charge is 1.94. The Kier molecular flexibility index (Phi) is 6.17. The van der Waals surface area contributed by atoms with Gasteiger partial charge in [0.25, 0.3) is 0 Å². The highest BCUT2D eigenvalue weighted by atomic mass is 79.9. The Morgan fingerprint density at radius 1 is 0.810 bits per heavy atom. The summed E-state index contributed by atoms with van der Waals surface area (Å²) in [5, 5.41) is 3.69. The van der Waals surface area contributed by atoms with E-state index >= 15 is 0 Å². The zero-order chi connectivity index (χ0) is 14.9. The van der Waals surface area contributed by atoms with Crippen molar-refractivity contribution in [2.45, 2.75) is 6.42 Å². The average Bonchev–Trinajstić information content (AvgIpc) is 2.56. The number of carbonyl (C=O) groups is 1. The molecule has 0 saturated heterocycles. The zero-order valence-corrected chi connectivity index (χ0v) is 13.3. The fourth-order valence-electron chi connectivity index (χ4n) is 2.04. The quantitative estimate of drug-likeness (QED) is 0.468. The van der Waals surface area contributed by atoms with E-state index in [0.717, 1.165) is 23.6 Å². The van der Waals surface area contributed by atoms with Crippen molar-refractivity contribution in [1.29, 1.82) is 0 Å². The number of fused-ring (bicyclic) bond motifs is 1. The molecule has 0 spiro atoms. The van der Waals surface area contributed by atoms with Crippen molar-refractivity contribution < 1.29 is 4.79 Å². The number of alkyl halides is 1. The molecular weight excluding hydrogens is 324 g/mol. The second-order valence-corrected chi connectivity index (χ2v) is 5.44. The van der Waals surface area contributed by atoms with Crippen molar-refractivity contribution in [2.24, 2.45) is 0 Å². The normalized spacial score (nSPS) is 9.76. The van der Waals surface area contributed by atoms with Crippen LogP contribution in [0.5, 0.6) is 0 Å². The van der Waals surface area contributed by atoms with Gasteiger partial charge in [0.05, 0.1) is 0 Å². The number of halogens is 1.